The van der Waals surface area contributed by atoms with Crippen molar-refractivity contribution in [2.24, 2.45) is 0 Å². The van der Waals surface area contributed by atoms with Crippen LogP contribution >= 0.6 is 24.0 Å². The third-order valence-corrected chi connectivity index (χ3v) is 5.86. The molecule has 2 aromatic rings. The lowest BCUT2D eigenvalue weighted by molar-refractivity contribution is -0.121. The van der Waals surface area contributed by atoms with Gasteiger partial charge in [-0.2, -0.15) is 0 Å². The average molecular weight is 414 g/mol. The lowest BCUT2D eigenvalue weighted by atomic mass is 10.1. The minimum atomic E-state index is -0.0563. The maximum Gasteiger partial charge on any atom is 0.265 e. The quantitative estimate of drug-likeness (QED) is 0.364. The Labute approximate surface area is 175 Å². The van der Waals surface area contributed by atoms with Crippen LogP contribution in [0.25, 0.3) is 6.08 Å². The molecule has 2 aromatic carbocycles. The molecule has 0 radical (unpaired) electrons. The van der Waals surface area contributed by atoms with Crippen molar-refractivity contribution in [3.05, 3.63) is 64.1 Å². The van der Waals surface area contributed by atoms with Gasteiger partial charge in [0, 0.05) is 13.5 Å². The molecule has 4 nitrogen and oxygen atoms in total. The van der Waals surface area contributed by atoms with Gasteiger partial charge in [-0.3, -0.25) is 9.69 Å². The molecule has 0 aromatic heterocycles. The summed E-state index contributed by atoms with van der Waals surface area (Å²) in [6.07, 6.45) is 2.65. The summed E-state index contributed by atoms with van der Waals surface area (Å²) >= 11 is 6.47. The van der Waals surface area contributed by atoms with Gasteiger partial charge in [0.1, 0.15) is 15.8 Å². The molecule has 0 N–H and O–H groups in total. The number of thioether (sulfide) groups is 1. The molecule has 28 heavy (non-hydrogen) atoms. The van der Waals surface area contributed by atoms with Gasteiger partial charge in [0.2, 0.25) is 0 Å². The number of carbonyl (C=O) groups is 1. The number of para-hydroxylation sites is 1. The van der Waals surface area contributed by atoms with Crippen molar-refractivity contribution >= 4 is 40.3 Å². The number of ether oxygens (including phenoxy) is 2. The highest BCUT2D eigenvalue weighted by atomic mass is 32.2. The van der Waals surface area contributed by atoms with Gasteiger partial charge in [-0.15, -0.1) is 0 Å². The molecule has 3 rings (SSSR count). The van der Waals surface area contributed by atoms with Crippen LogP contribution in [0.1, 0.15) is 23.1 Å². The van der Waals surface area contributed by atoms with Crippen molar-refractivity contribution in [2.75, 3.05) is 20.3 Å². The molecule has 0 spiro atoms. The summed E-state index contributed by atoms with van der Waals surface area (Å²) in [4.78, 5) is 14.2. The Morgan fingerprint density at radius 2 is 1.68 bits per heavy atom. The van der Waals surface area contributed by atoms with Crippen molar-refractivity contribution < 1.29 is 14.3 Å². The summed E-state index contributed by atoms with van der Waals surface area (Å²) in [5.74, 6) is 1.70. The summed E-state index contributed by atoms with van der Waals surface area (Å²) < 4.78 is 12.3. The van der Waals surface area contributed by atoms with E-state index in [0.29, 0.717) is 22.4 Å². The Morgan fingerprint density at radius 3 is 2.29 bits per heavy atom. The van der Waals surface area contributed by atoms with E-state index in [4.69, 9.17) is 21.7 Å². The lowest BCUT2D eigenvalue weighted by Crippen LogP contribution is -2.22. The summed E-state index contributed by atoms with van der Waals surface area (Å²) in [5.41, 5.74) is 3.24. The molecule has 1 saturated heterocycles. The molecule has 0 atom stereocenters. The van der Waals surface area contributed by atoms with Gasteiger partial charge in [0.05, 0.1) is 18.1 Å². The highest BCUT2D eigenvalue weighted by molar-refractivity contribution is 8.26. The van der Waals surface area contributed by atoms with Gasteiger partial charge in [-0.25, -0.2) is 0 Å². The normalized spacial score (nSPS) is 15.4. The number of aryl methyl sites for hydroxylation is 2. The van der Waals surface area contributed by atoms with Crippen LogP contribution in [0.5, 0.6) is 11.5 Å². The Hall–Kier alpha value is -2.31. The predicted molar refractivity (Wildman–Crippen MR) is 119 cm³/mol. The van der Waals surface area contributed by atoms with Crippen molar-refractivity contribution in [1.29, 1.82) is 0 Å². The number of nitrogens with zero attached hydrogens (tertiary/aromatic N) is 1. The van der Waals surface area contributed by atoms with E-state index in [-0.39, 0.29) is 5.91 Å². The Balaban J connectivity index is 1.46. The van der Waals surface area contributed by atoms with E-state index in [0.717, 1.165) is 34.6 Å². The maximum atomic E-state index is 12.0. The summed E-state index contributed by atoms with van der Waals surface area (Å²) in [6, 6.07) is 13.8. The summed E-state index contributed by atoms with van der Waals surface area (Å²) in [5, 5.41) is 0. The molecule has 1 aliphatic rings. The first-order valence-corrected chi connectivity index (χ1v) is 10.3. The molecule has 6 heteroatoms. The molecular weight excluding hydrogens is 390 g/mol. The first kappa shape index (κ1) is 20.4. The minimum absolute atomic E-state index is 0.0563. The highest BCUT2D eigenvalue weighted by Crippen LogP contribution is 2.31. The van der Waals surface area contributed by atoms with E-state index in [1.165, 1.54) is 16.7 Å². The molecule has 1 amide bonds. The largest absolute Gasteiger partial charge is 0.493 e. The zero-order valence-corrected chi connectivity index (χ0v) is 17.9. The fourth-order valence-electron chi connectivity index (χ4n) is 2.81. The van der Waals surface area contributed by atoms with Gasteiger partial charge >= 0.3 is 0 Å². The second-order valence-corrected chi connectivity index (χ2v) is 8.26. The van der Waals surface area contributed by atoms with Gasteiger partial charge in [0.15, 0.2) is 0 Å². The van der Waals surface area contributed by atoms with Crippen LogP contribution in [0.4, 0.5) is 0 Å². The van der Waals surface area contributed by atoms with Gasteiger partial charge in [-0.05, 0) is 48.7 Å². The number of hydrogen-bond donors (Lipinski definition) is 0. The standard InChI is InChI=1S/C22H23NO3S2/c1-15-6-4-7-16(2)20(15)26-13-5-12-25-18-10-8-17(9-11-18)14-19-21(24)23(3)22(27)28-19/h4,6-11,14H,5,12-13H2,1-3H3/b19-14+. The van der Waals surface area contributed by atoms with Crippen LogP contribution < -0.4 is 9.47 Å². The molecule has 0 saturated carbocycles. The molecule has 0 unspecified atom stereocenters. The Kier molecular flexibility index (Phi) is 6.75. The van der Waals surface area contributed by atoms with Crippen LogP contribution in [0.3, 0.4) is 0 Å². The van der Waals surface area contributed by atoms with Gasteiger partial charge < -0.3 is 9.47 Å². The minimum Gasteiger partial charge on any atom is -0.493 e. The molecule has 1 heterocycles. The number of rotatable bonds is 7. The summed E-state index contributed by atoms with van der Waals surface area (Å²) in [7, 11) is 1.69. The maximum absolute atomic E-state index is 12.0. The number of hydrogen-bond acceptors (Lipinski definition) is 5. The number of likely N-dealkylation sites (N-methyl/N-ethyl adjacent to an activating group) is 1. The van der Waals surface area contributed by atoms with E-state index in [1.807, 2.05) is 36.4 Å². The fraction of sp³-hybridized carbons (Fsp3) is 0.273. The highest BCUT2D eigenvalue weighted by Gasteiger charge is 2.28. The SMILES string of the molecule is Cc1cccc(C)c1OCCCOc1ccc(/C=C2/SC(=S)N(C)C2=O)cc1. The average Bonchev–Trinajstić information content (AvgIpc) is 2.91. The van der Waals surface area contributed by atoms with E-state index in [9.17, 15) is 4.79 Å². The lowest BCUT2D eigenvalue weighted by Gasteiger charge is -2.12. The van der Waals surface area contributed by atoms with Crippen LogP contribution in [-0.2, 0) is 4.79 Å². The molecule has 146 valence electrons. The predicted octanol–water partition coefficient (Wildman–Crippen LogP) is 4.98. The van der Waals surface area contributed by atoms with Crippen molar-refractivity contribution in [3.8, 4) is 11.5 Å². The fourth-order valence-corrected chi connectivity index (χ4v) is 3.99. The topological polar surface area (TPSA) is 38.8 Å². The number of benzene rings is 2. The first-order chi connectivity index (χ1) is 13.5. The first-order valence-electron chi connectivity index (χ1n) is 9.09. The molecule has 1 aliphatic heterocycles. The zero-order chi connectivity index (χ0) is 20.1. The number of carbonyl (C=O) groups excluding carboxylic acids is 1. The zero-order valence-electron chi connectivity index (χ0n) is 16.2. The van der Waals surface area contributed by atoms with Crippen LogP contribution in [0.2, 0.25) is 0 Å². The van der Waals surface area contributed by atoms with Crippen molar-refractivity contribution in [1.82, 2.24) is 4.90 Å². The van der Waals surface area contributed by atoms with E-state index < -0.39 is 0 Å². The van der Waals surface area contributed by atoms with Crippen LogP contribution in [0.15, 0.2) is 47.4 Å². The van der Waals surface area contributed by atoms with Gasteiger partial charge in [-0.1, -0.05) is 54.3 Å². The van der Waals surface area contributed by atoms with E-state index >= 15 is 0 Å². The van der Waals surface area contributed by atoms with Crippen LogP contribution in [-0.4, -0.2) is 35.4 Å². The molecular formula is C22H23NO3S2. The van der Waals surface area contributed by atoms with E-state index in [2.05, 4.69) is 26.0 Å². The molecule has 0 aliphatic carbocycles. The second kappa shape index (κ2) is 9.26. The number of amides is 1. The number of thiocarbonyl (C=S) groups is 1. The third-order valence-electron chi connectivity index (χ3n) is 4.38. The second-order valence-electron chi connectivity index (χ2n) is 6.58. The Morgan fingerprint density at radius 1 is 1.04 bits per heavy atom. The summed E-state index contributed by atoms with van der Waals surface area (Å²) in [6.45, 7) is 5.30. The molecule has 0 bridgehead atoms. The van der Waals surface area contributed by atoms with Crippen molar-refractivity contribution in [3.63, 3.8) is 0 Å². The van der Waals surface area contributed by atoms with Crippen molar-refractivity contribution in [2.45, 2.75) is 20.3 Å². The van der Waals surface area contributed by atoms with Crippen LogP contribution in [0, 0.1) is 13.8 Å². The van der Waals surface area contributed by atoms with Gasteiger partial charge in [0.25, 0.3) is 5.91 Å². The monoisotopic (exact) mass is 413 g/mol. The van der Waals surface area contributed by atoms with E-state index in [1.54, 1.807) is 7.05 Å². The Bertz CT molecular complexity index is 886. The third kappa shape index (κ3) is 4.94. The smallest absolute Gasteiger partial charge is 0.265 e. The molecule has 1 fully saturated rings.